The van der Waals surface area contributed by atoms with Gasteiger partial charge in [-0.05, 0) is 35.1 Å². The first-order chi connectivity index (χ1) is 14.3. The Hall–Kier alpha value is -2.35. The molecule has 0 spiro atoms. The van der Waals surface area contributed by atoms with Gasteiger partial charge in [-0.15, -0.1) is 24.0 Å². The summed E-state index contributed by atoms with van der Waals surface area (Å²) in [5.74, 6) is 0.678. The average Bonchev–Trinajstić information content (AvgIpc) is 3.11. The lowest BCUT2D eigenvalue weighted by Gasteiger charge is -2.21. The van der Waals surface area contributed by atoms with Gasteiger partial charge in [0.05, 0.1) is 12.9 Å². The summed E-state index contributed by atoms with van der Waals surface area (Å²) in [7, 11) is 0. The summed E-state index contributed by atoms with van der Waals surface area (Å²) in [5, 5.41) is 0. The van der Waals surface area contributed by atoms with Gasteiger partial charge < -0.3 is 15.2 Å². The van der Waals surface area contributed by atoms with Crippen LogP contribution in [-0.2, 0) is 13.1 Å². The number of aliphatic imine (C=N–C) groups is 1. The fraction of sp³-hybridized carbons (Fsp3) is 0.333. The number of likely N-dealkylation sites (tertiary alicyclic amines) is 1. The van der Waals surface area contributed by atoms with Gasteiger partial charge in [-0.1, -0.05) is 61.4 Å². The molecule has 2 heterocycles. The Morgan fingerprint density at radius 2 is 1.70 bits per heavy atom. The summed E-state index contributed by atoms with van der Waals surface area (Å²) >= 11 is 0. The topological polar surface area (TPSA) is 59.4 Å². The first kappa shape index (κ1) is 22.3. The zero-order valence-electron chi connectivity index (χ0n) is 17.3. The smallest absolute Gasteiger partial charge is 0.191 e. The van der Waals surface area contributed by atoms with Crippen LogP contribution in [0.3, 0.4) is 0 Å². The van der Waals surface area contributed by atoms with Gasteiger partial charge in [0.15, 0.2) is 5.96 Å². The van der Waals surface area contributed by atoms with Gasteiger partial charge in [-0.2, -0.15) is 0 Å². The van der Waals surface area contributed by atoms with Crippen LogP contribution in [0.5, 0.6) is 0 Å². The molecule has 2 N–H and O–H groups in total. The van der Waals surface area contributed by atoms with Crippen LogP contribution in [0.2, 0.25) is 0 Å². The zero-order chi connectivity index (χ0) is 19.9. The van der Waals surface area contributed by atoms with Crippen molar-refractivity contribution in [2.24, 2.45) is 10.7 Å². The molecule has 1 aromatic heterocycles. The van der Waals surface area contributed by atoms with Crippen LogP contribution in [0.1, 0.15) is 36.8 Å². The maximum atomic E-state index is 6.31. The van der Waals surface area contributed by atoms with Crippen LogP contribution in [0.15, 0.2) is 72.2 Å². The lowest BCUT2D eigenvalue weighted by molar-refractivity contribution is 0.428. The highest BCUT2D eigenvalue weighted by Crippen LogP contribution is 2.25. The van der Waals surface area contributed by atoms with E-state index in [1.165, 1.54) is 47.9 Å². The van der Waals surface area contributed by atoms with E-state index in [4.69, 9.17) is 10.7 Å². The van der Waals surface area contributed by atoms with Crippen molar-refractivity contribution in [2.75, 3.05) is 13.1 Å². The Morgan fingerprint density at radius 1 is 0.967 bits per heavy atom. The van der Waals surface area contributed by atoms with E-state index in [1.54, 1.807) is 0 Å². The first-order valence-corrected chi connectivity index (χ1v) is 10.5. The molecule has 158 valence electrons. The minimum atomic E-state index is 0. The number of nitrogens with zero attached hydrogens (tertiary/aromatic N) is 4. The van der Waals surface area contributed by atoms with Crippen molar-refractivity contribution in [3.05, 3.63) is 78.4 Å². The van der Waals surface area contributed by atoms with Crippen LogP contribution in [0.25, 0.3) is 11.1 Å². The Labute approximate surface area is 196 Å². The lowest BCUT2D eigenvalue weighted by atomic mass is 9.98. The number of aromatic nitrogens is 2. The molecule has 5 nitrogen and oxygen atoms in total. The number of halogens is 1. The van der Waals surface area contributed by atoms with E-state index in [0.717, 1.165) is 19.6 Å². The first-order valence-electron chi connectivity index (χ1n) is 10.5. The van der Waals surface area contributed by atoms with Crippen molar-refractivity contribution in [3.63, 3.8) is 0 Å². The van der Waals surface area contributed by atoms with E-state index < -0.39 is 0 Å². The Kier molecular flexibility index (Phi) is 8.30. The predicted molar refractivity (Wildman–Crippen MR) is 134 cm³/mol. The molecule has 0 atom stereocenters. The van der Waals surface area contributed by atoms with E-state index in [-0.39, 0.29) is 24.0 Å². The molecule has 2 aromatic carbocycles. The molecule has 1 fully saturated rings. The van der Waals surface area contributed by atoms with Crippen molar-refractivity contribution in [2.45, 2.75) is 38.8 Å². The minimum Gasteiger partial charge on any atom is -0.370 e. The van der Waals surface area contributed by atoms with Crippen molar-refractivity contribution < 1.29 is 0 Å². The Balaban J connectivity index is 0.00000256. The fourth-order valence-electron chi connectivity index (χ4n) is 3.89. The SMILES string of the molecule is I.NC(=NCc1ccccc1-c1ccc(Cn2ccnc2)cc1)N1CCCCCC1. The second kappa shape index (κ2) is 11.2. The van der Waals surface area contributed by atoms with Crippen LogP contribution in [0, 0.1) is 0 Å². The van der Waals surface area contributed by atoms with E-state index >= 15 is 0 Å². The molecule has 6 heteroatoms. The van der Waals surface area contributed by atoms with Gasteiger partial charge in [0.1, 0.15) is 0 Å². The van der Waals surface area contributed by atoms with Crippen molar-refractivity contribution in [1.82, 2.24) is 14.5 Å². The predicted octanol–water partition coefficient (Wildman–Crippen LogP) is 4.91. The summed E-state index contributed by atoms with van der Waals surface area (Å²) in [4.78, 5) is 11.1. The molecule has 0 saturated carbocycles. The number of hydrogen-bond donors (Lipinski definition) is 1. The van der Waals surface area contributed by atoms with Crippen LogP contribution in [-0.4, -0.2) is 33.5 Å². The third-order valence-electron chi connectivity index (χ3n) is 5.55. The molecule has 1 saturated heterocycles. The quantitative estimate of drug-likeness (QED) is 0.299. The van der Waals surface area contributed by atoms with Crippen molar-refractivity contribution >= 4 is 29.9 Å². The van der Waals surface area contributed by atoms with Crippen LogP contribution >= 0.6 is 24.0 Å². The van der Waals surface area contributed by atoms with E-state index in [9.17, 15) is 0 Å². The highest BCUT2D eigenvalue weighted by Gasteiger charge is 2.11. The van der Waals surface area contributed by atoms with E-state index in [1.807, 2.05) is 18.7 Å². The molecule has 0 bridgehead atoms. The molecule has 0 aliphatic carbocycles. The standard InChI is InChI=1S/C24H29N5.HI/c25-24(29-14-5-1-2-6-15-29)27-17-22-7-3-4-8-23(22)21-11-9-20(10-12-21)18-28-16-13-26-19-28;/h3-4,7-13,16,19H,1-2,5-6,14-15,17-18H2,(H2,25,27);1H. The Morgan fingerprint density at radius 3 is 2.40 bits per heavy atom. The summed E-state index contributed by atoms with van der Waals surface area (Å²) < 4.78 is 2.07. The second-order valence-electron chi connectivity index (χ2n) is 7.66. The molecule has 0 unspecified atom stereocenters. The van der Waals surface area contributed by atoms with Gasteiger partial charge >= 0.3 is 0 Å². The van der Waals surface area contributed by atoms with Gasteiger partial charge in [-0.25, -0.2) is 9.98 Å². The summed E-state index contributed by atoms with van der Waals surface area (Å²) in [6.45, 7) is 3.48. The monoisotopic (exact) mass is 515 g/mol. The summed E-state index contributed by atoms with van der Waals surface area (Å²) in [6, 6.07) is 17.2. The van der Waals surface area contributed by atoms with Gasteiger partial charge in [0.2, 0.25) is 0 Å². The number of imidazole rings is 1. The number of guanidine groups is 1. The van der Waals surface area contributed by atoms with Gasteiger partial charge in [-0.3, -0.25) is 0 Å². The lowest BCUT2D eigenvalue weighted by Crippen LogP contribution is -2.38. The van der Waals surface area contributed by atoms with E-state index in [2.05, 4.69) is 63.0 Å². The fourth-order valence-corrected chi connectivity index (χ4v) is 3.89. The molecule has 30 heavy (non-hydrogen) atoms. The maximum Gasteiger partial charge on any atom is 0.191 e. The molecule has 1 aliphatic rings. The molecule has 0 radical (unpaired) electrons. The Bertz CT molecular complexity index is 926. The van der Waals surface area contributed by atoms with Crippen LogP contribution in [0.4, 0.5) is 0 Å². The normalized spacial score (nSPS) is 14.8. The molecule has 1 aliphatic heterocycles. The number of benzene rings is 2. The third-order valence-corrected chi connectivity index (χ3v) is 5.55. The highest BCUT2D eigenvalue weighted by molar-refractivity contribution is 14.0. The number of nitrogens with two attached hydrogens (primary N) is 1. The highest BCUT2D eigenvalue weighted by atomic mass is 127. The number of hydrogen-bond acceptors (Lipinski definition) is 2. The van der Waals surface area contributed by atoms with E-state index in [0.29, 0.717) is 12.5 Å². The molecule has 3 aromatic rings. The largest absolute Gasteiger partial charge is 0.370 e. The molecular formula is C24H30IN5. The second-order valence-corrected chi connectivity index (χ2v) is 7.66. The number of rotatable bonds is 5. The maximum absolute atomic E-state index is 6.31. The van der Waals surface area contributed by atoms with Gasteiger partial charge in [0, 0.05) is 32.0 Å². The molecular weight excluding hydrogens is 485 g/mol. The average molecular weight is 515 g/mol. The molecule has 0 amide bonds. The van der Waals surface area contributed by atoms with Crippen molar-refractivity contribution in [3.8, 4) is 11.1 Å². The summed E-state index contributed by atoms with van der Waals surface area (Å²) in [5.41, 5.74) is 11.2. The van der Waals surface area contributed by atoms with Crippen LogP contribution < -0.4 is 5.73 Å². The molecule has 4 rings (SSSR count). The third kappa shape index (κ3) is 5.84. The van der Waals surface area contributed by atoms with Crippen molar-refractivity contribution in [1.29, 1.82) is 0 Å². The summed E-state index contributed by atoms with van der Waals surface area (Å²) in [6.07, 6.45) is 10.6. The van der Waals surface area contributed by atoms with Gasteiger partial charge in [0.25, 0.3) is 0 Å². The minimum absolute atomic E-state index is 0. The zero-order valence-corrected chi connectivity index (χ0v) is 19.6.